The Hall–Kier alpha value is -1.61. The number of hydrogen-bond acceptors (Lipinski definition) is 6. The highest BCUT2D eigenvalue weighted by Gasteiger charge is 2.23. The summed E-state index contributed by atoms with van der Waals surface area (Å²) in [4.78, 5) is 4.64. The lowest BCUT2D eigenvalue weighted by atomic mass is 10.1. The number of nitrogens with two attached hydrogens (primary N) is 1. The Morgan fingerprint density at radius 3 is 2.81 bits per heavy atom. The van der Waals surface area contributed by atoms with Gasteiger partial charge in [-0.3, -0.25) is 0 Å². The Bertz CT molecular complexity index is 1030. The van der Waals surface area contributed by atoms with Gasteiger partial charge in [0.1, 0.15) is 11.0 Å². The van der Waals surface area contributed by atoms with Gasteiger partial charge in [0.05, 0.1) is 17.3 Å². The average molecular weight is 423 g/mol. The number of thioether (sulfide) groups is 1. The van der Waals surface area contributed by atoms with Crippen molar-refractivity contribution < 1.29 is 13.2 Å². The number of rotatable bonds is 8. The lowest BCUT2D eigenvalue weighted by molar-refractivity contribution is 0.414. The van der Waals surface area contributed by atoms with Gasteiger partial charge in [0.2, 0.25) is 10.0 Å². The maximum Gasteiger partial charge on any atom is 0.216 e. The minimum absolute atomic E-state index is 0.461. The summed E-state index contributed by atoms with van der Waals surface area (Å²) in [6.07, 6.45) is 1.18. The summed E-state index contributed by atoms with van der Waals surface area (Å²) < 4.78 is 31.5. The van der Waals surface area contributed by atoms with E-state index in [-0.39, 0.29) is 0 Å². The predicted molar refractivity (Wildman–Crippen MR) is 113 cm³/mol. The molecule has 0 aliphatic carbocycles. The zero-order chi connectivity index (χ0) is 19.4. The Labute approximate surface area is 168 Å². The molecule has 1 heterocycles. The van der Waals surface area contributed by atoms with Crippen LogP contribution in [-0.2, 0) is 10.0 Å². The van der Waals surface area contributed by atoms with Gasteiger partial charge < -0.3 is 4.74 Å². The van der Waals surface area contributed by atoms with E-state index in [1.165, 1.54) is 10.3 Å². The van der Waals surface area contributed by atoms with Crippen LogP contribution < -0.4 is 9.88 Å². The first-order valence-corrected chi connectivity index (χ1v) is 11.9. The van der Waals surface area contributed by atoms with Gasteiger partial charge in [0.15, 0.2) is 4.34 Å². The quantitative estimate of drug-likeness (QED) is 0.426. The molecule has 2 aromatic carbocycles. The van der Waals surface area contributed by atoms with Gasteiger partial charge in [-0.25, -0.2) is 18.5 Å². The second kappa shape index (κ2) is 8.60. The minimum atomic E-state index is -3.69. The van der Waals surface area contributed by atoms with E-state index < -0.39 is 15.3 Å². The molecule has 144 valence electrons. The zero-order valence-electron chi connectivity index (χ0n) is 15.2. The summed E-state index contributed by atoms with van der Waals surface area (Å²) >= 11 is 3.32. The molecule has 27 heavy (non-hydrogen) atoms. The Kier molecular flexibility index (Phi) is 6.41. The van der Waals surface area contributed by atoms with E-state index >= 15 is 0 Å². The van der Waals surface area contributed by atoms with E-state index in [0.29, 0.717) is 17.7 Å². The van der Waals surface area contributed by atoms with Crippen molar-refractivity contribution >= 4 is 43.3 Å². The first kappa shape index (κ1) is 20.1. The van der Waals surface area contributed by atoms with Gasteiger partial charge in [-0.05, 0) is 55.2 Å². The van der Waals surface area contributed by atoms with Crippen LogP contribution in [0.1, 0.15) is 29.2 Å². The summed E-state index contributed by atoms with van der Waals surface area (Å²) in [6, 6.07) is 13.3. The van der Waals surface area contributed by atoms with Crippen molar-refractivity contribution in [3.05, 3.63) is 53.6 Å². The molecule has 0 saturated carbocycles. The number of aromatic nitrogens is 1. The van der Waals surface area contributed by atoms with Crippen LogP contribution in [0.25, 0.3) is 10.2 Å². The third kappa shape index (κ3) is 5.22. The number of hydrogen-bond donors (Lipinski definition) is 1. The van der Waals surface area contributed by atoms with Crippen LogP contribution in [0.15, 0.2) is 46.8 Å². The molecule has 0 aliphatic heterocycles. The number of benzene rings is 2. The third-order valence-electron chi connectivity index (χ3n) is 4.22. The molecule has 8 heteroatoms. The van der Waals surface area contributed by atoms with Crippen LogP contribution in [0.3, 0.4) is 0 Å². The summed E-state index contributed by atoms with van der Waals surface area (Å²) in [5.74, 6) is 1.41. The lowest BCUT2D eigenvalue weighted by Crippen LogP contribution is -2.22. The summed E-state index contributed by atoms with van der Waals surface area (Å²) in [5, 5.41) is 4.75. The molecule has 0 saturated heterocycles. The Morgan fingerprint density at radius 1 is 1.26 bits per heavy atom. The van der Waals surface area contributed by atoms with Crippen LogP contribution in [0.4, 0.5) is 0 Å². The number of nitrogens with zero attached hydrogens (tertiary/aromatic N) is 1. The van der Waals surface area contributed by atoms with E-state index in [9.17, 15) is 8.42 Å². The molecule has 1 unspecified atom stereocenters. The van der Waals surface area contributed by atoms with Gasteiger partial charge in [0, 0.05) is 5.75 Å². The SMILES string of the molecule is COc1cccc(C(CCCSc2nc3cc(C)ccc3s2)S(N)(=O)=O)c1. The first-order valence-electron chi connectivity index (χ1n) is 8.52. The maximum atomic E-state index is 12.1. The van der Waals surface area contributed by atoms with E-state index in [2.05, 4.69) is 30.1 Å². The largest absolute Gasteiger partial charge is 0.497 e. The smallest absolute Gasteiger partial charge is 0.216 e. The van der Waals surface area contributed by atoms with Gasteiger partial charge in [0.25, 0.3) is 0 Å². The summed E-state index contributed by atoms with van der Waals surface area (Å²) in [6.45, 7) is 2.05. The Morgan fingerprint density at radius 2 is 2.07 bits per heavy atom. The first-order chi connectivity index (χ1) is 12.9. The molecular formula is C19H22N2O3S3. The highest BCUT2D eigenvalue weighted by molar-refractivity contribution is 8.01. The van der Waals surface area contributed by atoms with Gasteiger partial charge in [-0.15, -0.1) is 11.3 Å². The van der Waals surface area contributed by atoms with Crippen molar-refractivity contribution in [2.24, 2.45) is 5.14 Å². The van der Waals surface area contributed by atoms with Crippen LogP contribution in [0.2, 0.25) is 0 Å². The number of aryl methyl sites for hydroxylation is 1. The second-order valence-corrected chi connectivity index (χ2v) is 10.4. The molecule has 0 fully saturated rings. The average Bonchev–Trinajstić information content (AvgIpc) is 3.02. The summed E-state index contributed by atoms with van der Waals surface area (Å²) in [5.41, 5.74) is 2.87. The van der Waals surface area contributed by atoms with E-state index in [1.807, 2.05) is 0 Å². The van der Waals surface area contributed by atoms with E-state index in [0.717, 1.165) is 22.0 Å². The lowest BCUT2D eigenvalue weighted by Gasteiger charge is -2.15. The minimum Gasteiger partial charge on any atom is -0.497 e. The number of ether oxygens (including phenoxy) is 1. The van der Waals surface area contributed by atoms with E-state index in [1.54, 1.807) is 54.5 Å². The van der Waals surface area contributed by atoms with Crippen molar-refractivity contribution in [2.45, 2.75) is 29.4 Å². The standard InChI is InChI=1S/C19H22N2O3S3/c1-13-8-9-17-16(11-13)21-19(26-17)25-10-4-7-18(27(20,22)23)14-5-3-6-15(12-14)24-2/h3,5-6,8-9,11-12,18H,4,7,10H2,1-2H3,(H2,20,22,23). The fourth-order valence-corrected chi connectivity index (χ4v) is 5.97. The molecule has 1 atom stereocenters. The van der Waals surface area contributed by atoms with Gasteiger partial charge >= 0.3 is 0 Å². The van der Waals surface area contributed by atoms with Crippen molar-refractivity contribution in [3.8, 4) is 5.75 Å². The fourth-order valence-electron chi connectivity index (χ4n) is 2.87. The van der Waals surface area contributed by atoms with E-state index in [4.69, 9.17) is 9.88 Å². The number of primary sulfonamides is 1. The number of methoxy groups -OCH3 is 1. The third-order valence-corrected chi connectivity index (χ3v) is 7.79. The van der Waals surface area contributed by atoms with Crippen LogP contribution in [-0.4, -0.2) is 26.3 Å². The van der Waals surface area contributed by atoms with Crippen molar-refractivity contribution in [1.82, 2.24) is 4.98 Å². The predicted octanol–water partition coefficient (Wildman–Crippen LogP) is 4.52. The van der Waals surface area contributed by atoms with Crippen LogP contribution in [0, 0.1) is 6.92 Å². The maximum absolute atomic E-state index is 12.1. The Balaban J connectivity index is 1.63. The molecule has 3 aromatic rings. The van der Waals surface area contributed by atoms with Crippen LogP contribution in [0.5, 0.6) is 5.75 Å². The molecular weight excluding hydrogens is 400 g/mol. The number of sulfonamides is 1. The van der Waals surface area contributed by atoms with Crippen molar-refractivity contribution in [3.63, 3.8) is 0 Å². The molecule has 0 bridgehead atoms. The second-order valence-electron chi connectivity index (χ2n) is 6.30. The molecule has 2 N–H and O–H groups in total. The molecule has 3 rings (SSSR count). The molecule has 5 nitrogen and oxygen atoms in total. The van der Waals surface area contributed by atoms with Gasteiger partial charge in [-0.1, -0.05) is 30.0 Å². The zero-order valence-corrected chi connectivity index (χ0v) is 17.7. The molecule has 0 radical (unpaired) electrons. The fraction of sp³-hybridized carbons (Fsp3) is 0.316. The van der Waals surface area contributed by atoms with Crippen molar-refractivity contribution in [2.75, 3.05) is 12.9 Å². The summed E-state index contributed by atoms with van der Waals surface area (Å²) in [7, 11) is -2.13. The number of thiazole rings is 1. The van der Waals surface area contributed by atoms with Crippen molar-refractivity contribution in [1.29, 1.82) is 0 Å². The monoisotopic (exact) mass is 422 g/mol. The molecule has 0 amide bonds. The number of fused-ring (bicyclic) bond motifs is 1. The highest BCUT2D eigenvalue weighted by Crippen LogP contribution is 2.33. The molecule has 1 aromatic heterocycles. The molecule has 0 aliphatic rings. The topological polar surface area (TPSA) is 82.3 Å². The van der Waals surface area contributed by atoms with Gasteiger partial charge in [-0.2, -0.15) is 0 Å². The van der Waals surface area contributed by atoms with Crippen LogP contribution >= 0.6 is 23.1 Å². The molecule has 0 spiro atoms. The normalized spacial score (nSPS) is 13.0. The highest BCUT2D eigenvalue weighted by atomic mass is 32.2.